The van der Waals surface area contributed by atoms with E-state index in [2.05, 4.69) is 37.2 Å². The number of nitrogens with zero attached hydrogens (tertiary/aromatic N) is 1. The van der Waals surface area contributed by atoms with Crippen LogP contribution < -0.4 is 0 Å². The van der Waals surface area contributed by atoms with Gasteiger partial charge in [-0.05, 0) is 25.6 Å². The number of imidazole rings is 1. The Morgan fingerprint density at radius 2 is 2.12 bits per heavy atom. The van der Waals surface area contributed by atoms with Crippen LogP contribution in [0.1, 0.15) is 45.9 Å². The fourth-order valence-corrected chi connectivity index (χ4v) is 2.15. The Kier molecular flexibility index (Phi) is 4.33. The van der Waals surface area contributed by atoms with Crippen LogP contribution in [0.2, 0.25) is 0 Å². The van der Waals surface area contributed by atoms with Crippen molar-refractivity contribution >= 4 is 12.2 Å². The molecule has 0 aromatic carbocycles. The van der Waals surface area contributed by atoms with E-state index in [9.17, 15) is 0 Å². The summed E-state index contributed by atoms with van der Waals surface area (Å²) in [6.07, 6.45) is 3.00. The molecule has 0 aliphatic rings. The maximum atomic E-state index is 5.33. The number of hydrogen-bond acceptors (Lipinski definition) is 2. The van der Waals surface area contributed by atoms with Crippen molar-refractivity contribution in [2.45, 2.75) is 45.6 Å². The van der Waals surface area contributed by atoms with Crippen molar-refractivity contribution in [2.24, 2.45) is 0 Å². The third-order valence-corrected chi connectivity index (χ3v) is 3.07. The molecule has 1 heterocycles. The number of ether oxygens (including phenoxy) is 1. The summed E-state index contributed by atoms with van der Waals surface area (Å²) in [5.41, 5.74) is 1.36. The smallest absolute Gasteiger partial charge is 0.177 e. The SMILES string of the molecule is COCCC(C)n1c(C(C)(C)C)c[nH]c1=S. The fourth-order valence-electron chi connectivity index (χ4n) is 1.81. The monoisotopic (exact) mass is 242 g/mol. The predicted molar refractivity (Wildman–Crippen MR) is 69.5 cm³/mol. The number of aromatic nitrogens is 2. The molecule has 0 aliphatic carbocycles. The Balaban J connectivity index is 3.02. The lowest BCUT2D eigenvalue weighted by Crippen LogP contribution is -2.20. The van der Waals surface area contributed by atoms with Crippen molar-refractivity contribution in [1.82, 2.24) is 9.55 Å². The summed E-state index contributed by atoms with van der Waals surface area (Å²) in [5.74, 6) is 0. The molecule has 1 rings (SSSR count). The van der Waals surface area contributed by atoms with Crippen molar-refractivity contribution in [2.75, 3.05) is 13.7 Å². The van der Waals surface area contributed by atoms with E-state index in [1.807, 2.05) is 6.20 Å². The molecular weight excluding hydrogens is 220 g/mol. The second-order valence-electron chi connectivity index (χ2n) is 5.23. The maximum Gasteiger partial charge on any atom is 0.177 e. The quantitative estimate of drug-likeness (QED) is 0.820. The molecule has 0 saturated heterocycles. The molecule has 3 nitrogen and oxygen atoms in total. The standard InChI is InChI=1S/C12H22N2OS/c1-9(6-7-15-5)14-10(12(2,3)4)8-13-11(14)16/h8-9H,6-7H2,1-5H3,(H,13,16). The van der Waals surface area contributed by atoms with Crippen LogP contribution in [0.3, 0.4) is 0 Å². The average Bonchev–Trinajstić information content (AvgIpc) is 2.56. The van der Waals surface area contributed by atoms with Crippen LogP contribution in [0.15, 0.2) is 6.20 Å². The molecule has 0 radical (unpaired) electrons. The number of methoxy groups -OCH3 is 1. The molecular formula is C12H22N2OS. The van der Waals surface area contributed by atoms with Crippen molar-refractivity contribution in [3.8, 4) is 0 Å². The highest BCUT2D eigenvalue weighted by atomic mass is 32.1. The third-order valence-electron chi connectivity index (χ3n) is 2.76. The van der Waals surface area contributed by atoms with Gasteiger partial charge in [0.15, 0.2) is 4.77 Å². The summed E-state index contributed by atoms with van der Waals surface area (Å²) >= 11 is 5.33. The van der Waals surface area contributed by atoms with Gasteiger partial charge in [-0.15, -0.1) is 0 Å². The van der Waals surface area contributed by atoms with Crippen LogP contribution in [0.5, 0.6) is 0 Å². The molecule has 1 aromatic rings. The normalized spacial score (nSPS) is 14.1. The van der Waals surface area contributed by atoms with Crippen LogP contribution in [-0.2, 0) is 10.2 Å². The van der Waals surface area contributed by atoms with Crippen LogP contribution in [0.4, 0.5) is 0 Å². The van der Waals surface area contributed by atoms with Gasteiger partial charge in [0.05, 0.1) is 0 Å². The molecule has 1 unspecified atom stereocenters. The van der Waals surface area contributed by atoms with Gasteiger partial charge in [-0.2, -0.15) is 0 Å². The summed E-state index contributed by atoms with van der Waals surface area (Å²) in [4.78, 5) is 3.14. The number of hydrogen-bond donors (Lipinski definition) is 1. The van der Waals surface area contributed by atoms with Gasteiger partial charge in [0.1, 0.15) is 0 Å². The summed E-state index contributed by atoms with van der Waals surface area (Å²) in [5, 5.41) is 0. The highest BCUT2D eigenvalue weighted by molar-refractivity contribution is 7.71. The summed E-state index contributed by atoms with van der Waals surface area (Å²) in [7, 11) is 1.73. The van der Waals surface area contributed by atoms with Crippen LogP contribution in [-0.4, -0.2) is 23.3 Å². The minimum Gasteiger partial charge on any atom is -0.385 e. The van der Waals surface area contributed by atoms with Crippen molar-refractivity contribution in [3.05, 3.63) is 16.7 Å². The third kappa shape index (κ3) is 2.95. The summed E-state index contributed by atoms with van der Waals surface area (Å²) < 4.78 is 8.12. The molecule has 0 bridgehead atoms. The zero-order valence-corrected chi connectivity index (χ0v) is 11.6. The fraction of sp³-hybridized carbons (Fsp3) is 0.750. The Bertz CT molecular complexity index is 386. The maximum absolute atomic E-state index is 5.33. The average molecular weight is 242 g/mol. The topological polar surface area (TPSA) is 29.9 Å². The lowest BCUT2D eigenvalue weighted by Gasteiger charge is -2.24. The van der Waals surface area contributed by atoms with E-state index in [4.69, 9.17) is 17.0 Å². The van der Waals surface area contributed by atoms with Gasteiger partial charge in [0.2, 0.25) is 0 Å². The highest BCUT2D eigenvalue weighted by Crippen LogP contribution is 2.26. The van der Waals surface area contributed by atoms with E-state index in [0.29, 0.717) is 6.04 Å². The second-order valence-corrected chi connectivity index (χ2v) is 5.62. The first-order valence-electron chi connectivity index (χ1n) is 5.67. The molecule has 0 spiro atoms. The molecule has 0 amide bonds. The lowest BCUT2D eigenvalue weighted by molar-refractivity contribution is 0.179. The van der Waals surface area contributed by atoms with E-state index in [1.165, 1.54) is 5.69 Å². The first-order valence-corrected chi connectivity index (χ1v) is 6.08. The largest absolute Gasteiger partial charge is 0.385 e. The number of H-pyrrole nitrogens is 1. The van der Waals surface area contributed by atoms with Crippen LogP contribution in [0, 0.1) is 4.77 Å². The van der Waals surface area contributed by atoms with E-state index in [-0.39, 0.29) is 5.41 Å². The van der Waals surface area contributed by atoms with Gasteiger partial charge in [-0.1, -0.05) is 20.8 Å². The Morgan fingerprint density at radius 1 is 1.50 bits per heavy atom. The second kappa shape index (κ2) is 5.15. The Morgan fingerprint density at radius 3 is 2.62 bits per heavy atom. The highest BCUT2D eigenvalue weighted by Gasteiger charge is 2.21. The number of aromatic amines is 1. The van der Waals surface area contributed by atoms with Gasteiger partial charge >= 0.3 is 0 Å². The number of nitrogens with one attached hydrogen (secondary N) is 1. The van der Waals surface area contributed by atoms with E-state index >= 15 is 0 Å². The molecule has 0 fully saturated rings. The van der Waals surface area contributed by atoms with E-state index in [0.717, 1.165) is 17.8 Å². The minimum atomic E-state index is 0.106. The lowest BCUT2D eigenvalue weighted by atomic mass is 9.92. The first kappa shape index (κ1) is 13.5. The zero-order chi connectivity index (χ0) is 12.3. The zero-order valence-electron chi connectivity index (χ0n) is 10.8. The van der Waals surface area contributed by atoms with Crippen LogP contribution in [0.25, 0.3) is 0 Å². The molecule has 0 aliphatic heterocycles. The Labute approximate surface area is 103 Å². The molecule has 1 aromatic heterocycles. The first-order chi connectivity index (χ1) is 7.38. The Hall–Kier alpha value is -0.610. The molecule has 4 heteroatoms. The number of rotatable bonds is 4. The van der Waals surface area contributed by atoms with Gasteiger partial charge < -0.3 is 14.3 Å². The van der Waals surface area contributed by atoms with Gasteiger partial charge in [-0.25, -0.2) is 0 Å². The van der Waals surface area contributed by atoms with Crippen molar-refractivity contribution < 1.29 is 4.74 Å². The van der Waals surface area contributed by atoms with Crippen LogP contribution >= 0.6 is 12.2 Å². The molecule has 1 atom stereocenters. The molecule has 92 valence electrons. The molecule has 0 saturated carbocycles. The van der Waals surface area contributed by atoms with Crippen molar-refractivity contribution in [3.63, 3.8) is 0 Å². The predicted octanol–water partition coefficient (Wildman–Crippen LogP) is 3.44. The summed E-state index contributed by atoms with van der Waals surface area (Å²) in [6, 6.07) is 0.368. The van der Waals surface area contributed by atoms with Gasteiger partial charge in [0.25, 0.3) is 0 Å². The van der Waals surface area contributed by atoms with Crippen molar-refractivity contribution in [1.29, 1.82) is 0 Å². The van der Waals surface area contributed by atoms with Gasteiger partial charge in [-0.3, -0.25) is 0 Å². The van der Waals surface area contributed by atoms with E-state index < -0.39 is 0 Å². The molecule has 16 heavy (non-hydrogen) atoms. The van der Waals surface area contributed by atoms with Gasteiger partial charge in [0, 0.05) is 37.1 Å². The molecule has 1 N–H and O–H groups in total. The van der Waals surface area contributed by atoms with E-state index in [1.54, 1.807) is 7.11 Å². The summed E-state index contributed by atoms with van der Waals surface area (Å²) in [6.45, 7) is 9.54. The minimum absolute atomic E-state index is 0.106.